The first-order valence-corrected chi connectivity index (χ1v) is 11.5. The molecule has 2 unspecified atom stereocenters. The van der Waals surface area contributed by atoms with E-state index in [1.54, 1.807) is 14.2 Å². The van der Waals surface area contributed by atoms with E-state index in [-0.39, 0.29) is 5.92 Å². The van der Waals surface area contributed by atoms with Gasteiger partial charge in [-0.3, -0.25) is 4.98 Å². The third-order valence-corrected chi connectivity index (χ3v) is 6.50. The number of unbranched alkanes of at least 4 members (excludes halogenated alkanes) is 2. The predicted molar refractivity (Wildman–Crippen MR) is 130 cm³/mol. The molecule has 3 rings (SSSR count). The van der Waals surface area contributed by atoms with E-state index in [9.17, 15) is 0 Å². The highest BCUT2D eigenvalue weighted by atomic mass is 16.5. The number of hydrogen-bond acceptors (Lipinski definition) is 3. The van der Waals surface area contributed by atoms with Gasteiger partial charge < -0.3 is 9.47 Å². The molecule has 0 radical (unpaired) electrons. The molecule has 31 heavy (non-hydrogen) atoms. The number of hydrogen-bond donors (Lipinski definition) is 0. The van der Waals surface area contributed by atoms with E-state index in [2.05, 4.69) is 50.5 Å². The number of rotatable bonds is 9. The summed E-state index contributed by atoms with van der Waals surface area (Å²) in [5.41, 5.74) is 7.28. The lowest BCUT2D eigenvalue weighted by atomic mass is 9.73. The SMILES string of the molecule is C=C(C)C1CCC(C)=CC1c1c(OC)cc(CCCCC)c(-c2cccnc2)c1OC. The standard InChI is InChI=1S/C28H37NO2/c1-7-8-9-11-21-17-25(30-5)27(24-16-20(4)13-14-23(24)19(2)3)28(31-6)26(21)22-12-10-15-29-18-22/h10,12,15-18,23-24H,2,7-9,11,13-14H2,1,3-6H3. The van der Waals surface area contributed by atoms with Crippen molar-refractivity contribution in [3.05, 3.63) is 65.5 Å². The zero-order valence-corrected chi connectivity index (χ0v) is 19.8. The maximum atomic E-state index is 6.17. The molecule has 0 fully saturated rings. The fourth-order valence-corrected chi connectivity index (χ4v) is 4.89. The highest BCUT2D eigenvalue weighted by Gasteiger charge is 2.33. The van der Waals surface area contributed by atoms with Gasteiger partial charge in [-0.1, -0.05) is 49.6 Å². The van der Waals surface area contributed by atoms with Crippen molar-refractivity contribution in [1.29, 1.82) is 0 Å². The van der Waals surface area contributed by atoms with Gasteiger partial charge in [0.1, 0.15) is 11.5 Å². The molecule has 0 amide bonds. The normalized spacial score (nSPS) is 18.4. The minimum atomic E-state index is 0.191. The summed E-state index contributed by atoms with van der Waals surface area (Å²) >= 11 is 0. The van der Waals surface area contributed by atoms with E-state index in [4.69, 9.17) is 9.47 Å². The van der Waals surface area contributed by atoms with Crippen LogP contribution in [-0.4, -0.2) is 19.2 Å². The molecule has 1 heterocycles. The second-order valence-corrected chi connectivity index (χ2v) is 8.79. The molecule has 0 saturated carbocycles. The Morgan fingerprint density at radius 3 is 2.65 bits per heavy atom. The maximum Gasteiger partial charge on any atom is 0.134 e. The summed E-state index contributed by atoms with van der Waals surface area (Å²) in [5, 5.41) is 0. The Morgan fingerprint density at radius 2 is 2.03 bits per heavy atom. The highest BCUT2D eigenvalue weighted by molar-refractivity contribution is 5.78. The summed E-state index contributed by atoms with van der Waals surface area (Å²) < 4.78 is 12.2. The summed E-state index contributed by atoms with van der Waals surface area (Å²) in [4.78, 5) is 4.40. The first-order chi connectivity index (χ1) is 15.0. The Morgan fingerprint density at radius 1 is 1.23 bits per heavy atom. The van der Waals surface area contributed by atoms with E-state index in [0.717, 1.165) is 53.9 Å². The molecule has 1 aliphatic carbocycles. The van der Waals surface area contributed by atoms with Crippen molar-refractivity contribution in [1.82, 2.24) is 4.98 Å². The molecule has 0 aliphatic heterocycles. The van der Waals surface area contributed by atoms with Crippen molar-refractivity contribution >= 4 is 0 Å². The van der Waals surface area contributed by atoms with E-state index in [1.807, 2.05) is 18.5 Å². The lowest BCUT2D eigenvalue weighted by Gasteiger charge is -2.33. The number of ether oxygens (including phenoxy) is 2. The van der Waals surface area contributed by atoms with Crippen LogP contribution in [0, 0.1) is 5.92 Å². The molecule has 0 bridgehead atoms. The second kappa shape index (κ2) is 10.7. The van der Waals surface area contributed by atoms with Gasteiger partial charge in [-0.05, 0) is 63.1 Å². The van der Waals surface area contributed by atoms with E-state index < -0.39 is 0 Å². The number of nitrogens with zero attached hydrogens (tertiary/aromatic N) is 1. The fraction of sp³-hybridized carbons (Fsp3) is 0.464. The topological polar surface area (TPSA) is 31.4 Å². The van der Waals surface area contributed by atoms with Crippen LogP contribution >= 0.6 is 0 Å². The molecule has 2 aromatic rings. The Kier molecular flexibility index (Phi) is 7.95. The first-order valence-electron chi connectivity index (χ1n) is 11.5. The zero-order valence-electron chi connectivity index (χ0n) is 19.8. The molecule has 1 aromatic carbocycles. The Balaban J connectivity index is 2.28. The Hall–Kier alpha value is -2.55. The fourth-order valence-electron chi connectivity index (χ4n) is 4.89. The van der Waals surface area contributed by atoms with Gasteiger partial charge in [0.15, 0.2) is 0 Å². The third-order valence-electron chi connectivity index (χ3n) is 6.50. The molecule has 0 spiro atoms. The summed E-state index contributed by atoms with van der Waals surface area (Å²) in [6, 6.07) is 6.36. The summed E-state index contributed by atoms with van der Waals surface area (Å²) in [6.07, 6.45) is 12.9. The van der Waals surface area contributed by atoms with Crippen molar-refractivity contribution < 1.29 is 9.47 Å². The first kappa shape index (κ1) is 23.1. The lowest BCUT2D eigenvalue weighted by molar-refractivity contribution is 0.369. The van der Waals surface area contributed by atoms with Crippen LogP contribution in [0.3, 0.4) is 0 Å². The Bertz CT molecular complexity index is 930. The molecular weight excluding hydrogens is 382 g/mol. The summed E-state index contributed by atoms with van der Waals surface area (Å²) in [5.74, 6) is 2.40. The number of aryl methyl sites for hydroxylation is 1. The molecule has 0 N–H and O–H groups in total. The predicted octanol–water partition coefficient (Wildman–Crippen LogP) is 7.51. The van der Waals surface area contributed by atoms with Crippen LogP contribution in [0.1, 0.15) is 69.9 Å². The van der Waals surface area contributed by atoms with Gasteiger partial charge in [0.05, 0.1) is 14.2 Å². The van der Waals surface area contributed by atoms with Crippen molar-refractivity contribution in [3.63, 3.8) is 0 Å². The lowest BCUT2D eigenvalue weighted by Crippen LogP contribution is -2.19. The van der Waals surface area contributed by atoms with Gasteiger partial charge in [0.25, 0.3) is 0 Å². The zero-order chi connectivity index (χ0) is 22.4. The quantitative estimate of drug-likeness (QED) is 0.311. The molecular formula is C28H37NO2. The summed E-state index contributed by atoms with van der Waals surface area (Å²) in [7, 11) is 3.55. The van der Waals surface area contributed by atoms with Gasteiger partial charge in [-0.2, -0.15) is 0 Å². The van der Waals surface area contributed by atoms with E-state index in [1.165, 1.54) is 29.6 Å². The number of allylic oxidation sites excluding steroid dienone is 3. The van der Waals surface area contributed by atoms with Crippen LogP contribution in [0.25, 0.3) is 11.1 Å². The number of benzene rings is 1. The van der Waals surface area contributed by atoms with Gasteiger partial charge in [-0.25, -0.2) is 0 Å². The summed E-state index contributed by atoms with van der Waals surface area (Å²) in [6.45, 7) is 10.9. The van der Waals surface area contributed by atoms with Crippen LogP contribution in [-0.2, 0) is 6.42 Å². The maximum absolute atomic E-state index is 6.17. The van der Waals surface area contributed by atoms with Crippen molar-refractivity contribution in [3.8, 4) is 22.6 Å². The largest absolute Gasteiger partial charge is 0.496 e. The van der Waals surface area contributed by atoms with E-state index in [0.29, 0.717) is 5.92 Å². The smallest absolute Gasteiger partial charge is 0.134 e. The van der Waals surface area contributed by atoms with Crippen LogP contribution < -0.4 is 9.47 Å². The molecule has 166 valence electrons. The molecule has 1 aromatic heterocycles. The van der Waals surface area contributed by atoms with Crippen LogP contribution in [0.4, 0.5) is 0 Å². The number of aromatic nitrogens is 1. The average Bonchev–Trinajstić information content (AvgIpc) is 2.78. The Labute approximate surface area is 188 Å². The molecule has 3 heteroatoms. The van der Waals surface area contributed by atoms with Gasteiger partial charge >= 0.3 is 0 Å². The molecule has 2 atom stereocenters. The third kappa shape index (κ3) is 5.03. The monoisotopic (exact) mass is 419 g/mol. The van der Waals surface area contributed by atoms with Gasteiger partial charge in [0, 0.05) is 35.0 Å². The molecule has 3 nitrogen and oxygen atoms in total. The second-order valence-electron chi connectivity index (χ2n) is 8.79. The highest BCUT2D eigenvalue weighted by Crippen LogP contribution is 2.51. The van der Waals surface area contributed by atoms with Crippen molar-refractivity contribution in [2.45, 2.75) is 65.2 Å². The average molecular weight is 420 g/mol. The van der Waals surface area contributed by atoms with E-state index >= 15 is 0 Å². The van der Waals surface area contributed by atoms with Crippen LogP contribution in [0.5, 0.6) is 11.5 Å². The van der Waals surface area contributed by atoms with Gasteiger partial charge in [-0.15, -0.1) is 0 Å². The molecule has 0 saturated heterocycles. The van der Waals surface area contributed by atoms with Crippen LogP contribution in [0.15, 0.2) is 54.4 Å². The van der Waals surface area contributed by atoms with Crippen molar-refractivity contribution in [2.75, 3.05) is 14.2 Å². The van der Waals surface area contributed by atoms with Gasteiger partial charge in [0.2, 0.25) is 0 Å². The molecule has 1 aliphatic rings. The number of pyridine rings is 1. The van der Waals surface area contributed by atoms with Crippen molar-refractivity contribution in [2.24, 2.45) is 5.92 Å². The minimum Gasteiger partial charge on any atom is -0.496 e. The van der Waals surface area contributed by atoms with Crippen LogP contribution in [0.2, 0.25) is 0 Å². The minimum absolute atomic E-state index is 0.191. The number of methoxy groups -OCH3 is 2.